The van der Waals surface area contributed by atoms with E-state index < -0.39 is 6.10 Å². The Balaban J connectivity index is 2.33. The lowest BCUT2D eigenvalue weighted by molar-refractivity contribution is -0.130. The van der Waals surface area contributed by atoms with Gasteiger partial charge >= 0.3 is 0 Å². The maximum atomic E-state index is 11.6. The molecular formula is C15H24N2O4. The Labute approximate surface area is 125 Å². The summed E-state index contributed by atoms with van der Waals surface area (Å²) in [5.41, 5.74) is 0. The van der Waals surface area contributed by atoms with Gasteiger partial charge in [-0.15, -0.1) is 0 Å². The monoisotopic (exact) mass is 296 g/mol. The highest BCUT2D eigenvalue weighted by Crippen LogP contribution is 2.18. The van der Waals surface area contributed by atoms with Crippen molar-refractivity contribution in [2.75, 3.05) is 34.4 Å². The maximum Gasteiger partial charge on any atom is 0.238 e. The maximum absolute atomic E-state index is 11.6. The highest BCUT2D eigenvalue weighted by molar-refractivity contribution is 5.80. The van der Waals surface area contributed by atoms with E-state index in [-0.39, 0.29) is 25.1 Å². The highest BCUT2D eigenvalue weighted by atomic mass is 16.5. The number of benzene rings is 1. The number of ether oxygens (including phenoxy) is 2. The van der Waals surface area contributed by atoms with Gasteiger partial charge in [0.05, 0.1) is 13.2 Å². The molecule has 0 heterocycles. The summed E-state index contributed by atoms with van der Waals surface area (Å²) < 4.78 is 10.6. The predicted octanol–water partition coefficient (Wildman–Crippen LogP) is 0.501. The summed E-state index contributed by atoms with van der Waals surface area (Å²) in [5, 5.41) is 12.8. The van der Waals surface area contributed by atoms with Crippen molar-refractivity contribution in [3.05, 3.63) is 24.3 Å². The molecule has 2 N–H and O–H groups in total. The molecule has 1 aromatic rings. The molecule has 0 saturated heterocycles. The molecule has 0 aliphatic rings. The highest BCUT2D eigenvalue weighted by Gasteiger charge is 2.15. The van der Waals surface area contributed by atoms with Gasteiger partial charge in [-0.1, -0.05) is 6.07 Å². The third-order valence-electron chi connectivity index (χ3n) is 2.95. The van der Waals surface area contributed by atoms with Crippen molar-refractivity contribution in [2.45, 2.75) is 19.1 Å². The van der Waals surface area contributed by atoms with Gasteiger partial charge in [-0.25, -0.2) is 0 Å². The van der Waals surface area contributed by atoms with Crippen LogP contribution in [0.25, 0.3) is 0 Å². The van der Waals surface area contributed by atoms with Crippen LogP contribution < -0.4 is 14.8 Å². The lowest BCUT2D eigenvalue weighted by Crippen LogP contribution is -2.45. The van der Waals surface area contributed by atoms with Gasteiger partial charge in [0.2, 0.25) is 5.91 Å². The first-order chi connectivity index (χ1) is 9.93. The van der Waals surface area contributed by atoms with E-state index in [4.69, 9.17) is 9.47 Å². The molecule has 118 valence electrons. The van der Waals surface area contributed by atoms with Gasteiger partial charge in [-0.05, 0) is 19.1 Å². The molecule has 0 aliphatic heterocycles. The van der Waals surface area contributed by atoms with Gasteiger partial charge in [0.15, 0.2) is 0 Å². The molecule has 0 radical (unpaired) electrons. The summed E-state index contributed by atoms with van der Waals surface area (Å²) in [7, 11) is 4.98. The number of hydrogen-bond acceptors (Lipinski definition) is 5. The largest absolute Gasteiger partial charge is 0.497 e. The first-order valence-corrected chi connectivity index (χ1v) is 6.83. The summed E-state index contributed by atoms with van der Waals surface area (Å²) in [5.74, 6) is 1.30. The smallest absolute Gasteiger partial charge is 0.238 e. The number of amides is 1. The van der Waals surface area contributed by atoms with Gasteiger partial charge in [0, 0.05) is 26.7 Å². The number of nitrogens with zero attached hydrogens (tertiary/aromatic N) is 1. The minimum atomic E-state index is -0.700. The SMILES string of the molecule is COc1cccc(OCC(O)CNC(C)C(=O)N(C)C)c1. The quantitative estimate of drug-likeness (QED) is 0.731. The second-order valence-electron chi connectivity index (χ2n) is 5.01. The van der Waals surface area contributed by atoms with Crippen LogP contribution in [-0.2, 0) is 4.79 Å². The van der Waals surface area contributed by atoms with Crippen LogP contribution in [0.2, 0.25) is 0 Å². The van der Waals surface area contributed by atoms with Crippen LogP contribution in [0.15, 0.2) is 24.3 Å². The Kier molecular flexibility index (Phi) is 6.98. The Morgan fingerprint density at radius 1 is 1.38 bits per heavy atom. The van der Waals surface area contributed by atoms with E-state index in [2.05, 4.69) is 5.32 Å². The summed E-state index contributed by atoms with van der Waals surface area (Å²) in [6, 6.07) is 6.83. The second kappa shape index (κ2) is 8.49. The number of aliphatic hydroxyl groups excluding tert-OH is 1. The molecule has 0 fully saturated rings. The van der Waals surface area contributed by atoms with E-state index in [1.165, 1.54) is 4.90 Å². The van der Waals surface area contributed by atoms with Crippen molar-refractivity contribution in [2.24, 2.45) is 0 Å². The number of aliphatic hydroxyl groups is 1. The van der Waals surface area contributed by atoms with Gasteiger partial charge in [0.25, 0.3) is 0 Å². The zero-order valence-corrected chi connectivity index (χ0v) is 13.0. The van der Waals surface area contributed by atoms with Crippen LogP contribution >= 0.6 is 0 Å². The van der Waals surface area contributed by atoms with Gasteiger partial charge < -0.3 is 24.8 Å². The molecule has 1 aromatic carbocycles. The van der Waals surface area contributed by atoms with E-state index in [0.717, 1.165) is 0 Å². The van der Waals surface area contributed by atoms with Crippen LogP contribution in [-0.4, -0.2) is 62.4 Å². The number of nitrogens with one attached hydrogen (secondary N) is 1. The fourth-order valence-electron chi connectivity index (χ4n) is 1.73. The first-order valence-electron chi connectivity index (χ1n) is 6.83. The van der Waals surface area contributed by atoms with Crippen molar-refractivity contribution >= 4 is 5.91 Å². The van der Waals surface area contributed by atoms with E-state index in [1.54, 1.807) is 40.3 Å². The minimum absolute atomic E-state index is 0.0316. The molecule has 0 bridgehead atoms. The number of carbonyl (C=O) groups excluding carboxylic acids is 1. The summed E-state index contributed by atoms with van der Waals surface area (Å²) in [6.45, 7) is 2.19. The first kappa shape index (κ1) is 17.3. The normalized spacial score (nSPS) is 13.4. The van der Waals surface area contributed by atoms with Crippen LogP contribution in [0, 0.1) is 0 Å². The fourth-order valence-corrected chi connectivity index (χ4v) is 1.73. The Morgan fingerprint density at radius 2 is 2.05 bits per heavy atom. The molecule has 2 atom stereocenters. The van der Waals surface area contributed by atoms with Gasteiger partial charge in [0.1, 0.15) is 24.2 Å². The Morgan fingerprint density at radius 3 is 2.67 bits per heavy atom. The molecule has 6 nitrogen and oxygen atoms in total. The van der Waals surface area contributed by atoms with Gasteiger partial charge in [-0.2, -0.15) is 0 Å². The Hall–Kier alpha value is -1.79. The fraction of sp³-hybridized carbons (Fsp3) is 0.533. The molecule has 0 aromatic heterocycles. The van der Waals surface area contributed by atoms with Crippen LogP contribution in [0.3, 0.4) is 0 Å². The van der Waals surface area contributed by atoms with E-state index in [0.29, 0.717) is 11.5 Å². The third kappa shape index (κ3) is 6.01. The predicted molar refractivity (Wildman–Crippen MR) is 80.7 cm³/mol. The second-order valence-corrected chi connectivity index (χ2v) is 5.01. The van der Waals surface area contributed by atoms with E-state index >= 15 is 0 Å². The average Bonchev–Trinajstić information content (AvgIpc) is 2.49. The van der Waals surface area contributed by atoms with Crippen LogP contribution in [0.4, 0.5) is 0 Å². The third-order valence-corrected chi connectivity index (χ3v) is 2.95. The standard InChI is InChI=1S/C15H24N2O4/c1-11(15(19)17(2)3)16-9-12(18)10-21-14-7-5-6-13(8-14)20-4/h5-8,11-12,16,18H,9-10H2,1-4H3. The van der Waals surface area contributed by atoms with Crippen molar-refractivity contribution in [1.82, 2.24) is 10.2 Å². The summed E-state index contributed by atoms with van der Waals surface area (Å²) in [4.78, 5) is 13.2. The lowest BCUT2D eigenvalue weighted by Gasteiger charge is -2.20. The van der Waals surface area contributed by atoms with Crippen molar-refractivity contribution in [3.63, 3.8) is 0 Å². The number of methoxy groups -OCH3 is 1. The number of hydrogen-bond donors (Lipinski definition) is 2. The molecule has 21 heavy (non-hydrogen) atoms. The van der Waals surface area contributed by atoms with Crippen molar-refractivity contribution in [3.8, 4) is 11.5 Å². The molecule has 2 unspecified atom stereocenters. The van der Waals surface area contributed by atoms with Crippen LogP contribution in [0.1, 0.15) is 6.92 Å². The van der Waals surface area contributed by atoms with Crippen molar-refractivity contribution < 1.29 is 19.4 Å². The molecule has 1 rings (SSSR count). The number of likely N-dealkylation sites (N-methyl/N-ethyl adjacent to an activating group) is 1. The molecule has 0 spiro atoms. The molecular weight excluding hydrogens is 272 g/mol. The van der Waals surface area contributed by atoms with E-state index in [9.17, 15) is 9.90 Å². The summed E-state index contributed by atoms with van der Waals surface area (Å²) >= 11 is 0. The van der Waals surface area contributed by atoms with Gasteiger partial charge in [-0.3, -0.25) is 4.79 Å². The number of rotatable bonds is 8. The van der Waals surface area contributed by atoms with E-state index in [1.807, 2.05) is 12.1 Å². The zero-order valence-electron chi connectivity index (χ0n) is 13.0. The minimum Gasteiger partial charge on any atom is -0.497 e. The summed E-state index contributed by atoms with van der Waals surface area (Å²) in [6.07, 6.45) is -0.700. The molecule has 0 saturated carbocycles. The average molecular weight is 296 g/mol. The van der Waals surface area contributed by atoms with Crippen LogP contribution in [0.5, 0.6) is 11.5 Å². The molecule has 1 amide bonds. The van der Waals surface area contributed by atoms with Crippen molar-refractivity contribution in [1.29, 1.82) is 0 Å². The zero-order chi connectivity index (χ0) is 15.8. The lowest BCUT2D eigenvalue weighted by atomic mass is 10.2. The number of carbonyl (C=O) groups is 1. The molecule has 0 aliphatic carbocycles. The topological polar surface area (TPSA) is 71.0 Å². The Bertz CT molecular complexity index is 451. The molecule has 6 heteroatoms.